The van der Waals surface area contributed by atoms with Crippen LogP contribution in [0.15, 0.2) is 85.5 Å². The van der Waals surface area contributed by atoms with Crippen LogP contribution in [0.3, 0.4) is 0 Å². The zero-order valence-electron chi connectivity index (χ0n) is 18.1. The largest absolute Gasteiger partial charge is 0.347 e. The second-order valence-electron chi connectivity index (χ2n) is 7.52. The van der Waals surface area contributed by atoms with Crippen molar-refractivity contribution in [3.63, 3.8) is 0 Å². The van der Waals surface area contributed by atoms with Crippen LogP contribution in [-0.4, -0.2) is 44.8 Å². The van der Waals surface area contributed by atoms with Crippen LogP contribution in [0.1, 0.15) is 21.6 Å². The average Bonchev–Trinajstić information content (AvgIpc) is 2.85. The molecule has 32 heavy (non-hydrogen) atoms. The van der Waals surface area contributed by atoms with Crippen molar-refractivity contribution in [1.29, 1.82) is 0 Å². The van der Waals surface area contributed by atoms with Gasteiger partial charge < -0.3 is 9.80 Å². The lowest BCUT2D eigenvalue weighted by molar-refractivity contribution is 0.0728. The minimum absolute atomic E-state index is 0.0896. The van der Waals surface area contributed by atoms with Gasteiger partial charge in [-0.05, 0) is 29.8 Å². The van der Waals surface area contributed by atoms with Crippen LogP contribution in [0.4, 0.5) is 5.95 Å². The van der Waals surface area contributed by atoms with Crippen LogP contribution in [0.25, 0.3) is 11.3 Å². The summed E-state index contributed by atoms with van der Waals surface area (Å²) in [5, 5.41) is 0. The summed E-state index contributed by atoms with van der Waals surface area (Å²) in [6.45, 7) is 0.760. The Morgan fingerprint density at radius 1 is 0.844 bits per heavy atom. The fourth-order valence-corrected chi connectivity index (χ4v) is 3.34. The van der Waals surface area contributed by atoms with Gasteiger partial charge in [-0.2, -0.15) is 0 Å². The summed E-state index contributed by atoms with van der Waals surface area (Å²) in [6.07, 6.45) is 6.77. The molecule has 7 nitrogen and oxygen atoms in total. The van der Waals surface area contributed by atoms with E-state index in [4.69, 9.17) is 4.98 Å². The fourth-order valence-electron chi connectivity index (χ4n) is 3.34. The van der Waals surface area contributed by atoms with E-state index in [1.807, 2.05) is 67.5 Å². The maximum atomic E-state index is 13.4. The molecule has 3 heterocycles. The molecule has 0 saturated heterocycles. The Kier molecular flexibility index (Phi) is 6.46. The first-order valence-electron chi connectivity index (χ1n) is 10.3. The number of hydrogen-bond donors (Lipinski definition) is 0. The molecular weight excluding hydrogens is 400 g/mol. The molecule has 0 saturated carbocycles. The van der Waals surface area contributed by atoms with Crippen molar-refractivity contribution >= 4 is 11.9 Å². The highest BCUT2D eigenvalue weighted by Crippen LogP contribution is 2.24. The number of carbonyl (C=O) groups is 1. The molecule has 1 aromatic carbocycles. The van der Waals surface area contributed by atoms with Gasteiger partial charge in [0, 0.05) is 56.6 Å². The van der Waals surface area contributed by atoms with E-state index in [0.717, 1.165) is 22.5 Å². The first-order valence-corrected chi connectivity index (χ1v) is 10.3. The van der Waals surface area contributed by atoms with Crippen molar-refractivity contribution in [2.24, 2.45) is 0 Å². The van der Waals surface area contributed by atoms with E-state index in [1.165, 1.54) is 0 Å². The fraction of sp³-hybridized carbons (Fsp3) is 0.160. The summed E-state index contributed by atoms with van der Waals surface area (Å²) in [7, 11) is 3.78. The molecular formula is C25H24N6O. The topological polar surface area (TPSA) is 75.1 Å². The Bertz CT molecular complexity index is 1170. The number of aromatic nitrogens is 4. The van der Waals surface area contributed by atoms with Crippen LogP contribution in [-0.2, 0) is 13.1 Å². The zero-order chi connectivity index (χ0) is 22.3. The van der Waals surface area contributed by atoms with Gasteiger partial charge in [0.25, 0.3) is 5.91 Å². The molecule has 0 aliphatic heterocycles. The summed E-state index contributed by atoms with van der Waals surface area (Å²) in [6, 6.07) is 19.1. The maximum Gasteiger partial charge on any atom is 0.254 e. The lowest BCUT2D eigenvalue weighted by atomic mass is 10.1. The lowest BCUT2D eigenvalue weighted by Crippen LogP contribution is -2.31. The van der Waals surface area contributed by atoms with E-state index in [0.29, 0.717) is 24.6 Å². The molecule has 0 bridgehead atoms. The summed E-state index contributed by atoms with van der Waals surface area (Å²) in [4.78, 5) is 34.8. The number of carbonyl (C=O) groups excluding carboxylic acids is 1. The number of nitrogens with zero attached hydrogens (tertiary/aromatic N) is 6. The average molecular weight is 425 g/mol. The first kappa shape index (κ1) is 21.1. The Balaban J connectivity index is 1.75. The van der Waals surface area contributed by atoms with Crippen LogP contribution in [0.5, 0.6) is 0 Å². The summed E-state index contributed by atoms with van der Waals surface area (Å²) in [5.41, 5.74) is 3.93. The summed E-state index contributed by atoms with van der Waals surface area (Å²) < 4.78 is 0. The van der Waals surface area contributed by atoms with Crippen molar-refractivity contribution in [2.45, 2.75) is 13.1 Å². The molecule has 0 spiro atoms. The Morgan fingerprint density at radius 2 is 1.59 bits per heavy atom. The number of anilines is 1. The van der Waals surface area contributed by atoms with Crippen molar-refractivity contribution in [2.75, 3.05) is 19.0 Å². The molecule has 0 unspecified atom stereocenters. The zero-order valence-corrected chi connectivity index (χ0v) is 18.1. The van der Waals surface area contributed by atoms with E-state index >= 15 is 0 Å². The lowest BCUT2D eigenvalue weighted by Gasteiger charge is -2.24. The summed E-state index contributed by atoms with van der Waals surface area (Å²) in [5.74, 6) is 0.490. The number of benzene rings is 1. The molecule has 7 heteroatoms. The second-order valence-corrected chi connectivity index (χ2v) is 7.52. The molecule has 0 aliphatic rings. The van der Waals surface area contributed by atoms with E-state index in [2.05, 4.69) is 15.0 Å². The second kappa shape index (κ2) is 9.78. The third kappa shape index (κ3) is 4.95. The molecule has 4 aromatic rings. The predicted octanol–water partition coefficient (Wildman–Crippen LogP) is 3.84. The third-order valence-electron chi connectivity index (χ3n) is 4.97. The highest BCUT2D eigenvalue weighted by molar-refractivity contribution is 5.94. The maximum absolute atomic E-state index is 13.4. The molecule has 0 N–H and O–H groups in total. The Labute approximate surface area is 187 Å². The monoisotopic (exact) mass is 424 g/mol. The minimum atomic E-state index is -0.0896. The smallest absolute Gasteiger partial charge is 0.254 e. The highest BCUT2D eigenvalue weighted by atomic mass is 16.2. The molecule has 4 rings (SSSR count). The predicted molar refractivity (Wildman–Crippen MR) is 124 cm³/mol. The molecule has 0 fully saturated rings. The molecule has 160 valence electrons. The van der Waals surface area contributed by atoms with Crippen LogP contribution in [0, 0.1) is 0 Å². The number of hydrogen-bond acceptors (Lipinski definition) is 6. The normalized spacial score (nSPS) is 10.6. The van der Waals surface area contributed by atoms with Crippen molar-refractivity contribution in [1.82, 2.24) is 24.8 Å². The van der Waals surface area contributed by atoms with E-state index < -0.39 is 0 Å². The Morgan fingerprint density at radius 3 is 2.28 bits per heavy atom. The molecule has 0 aliphatic carbocycles. The standard InChI is InChI=1S/C25H24N6O/c1-30(2)25-28-16-21(22-10-6-7-13-27-22)23(29-25)18-31(17-19-8-4-3-5-9-19)24(32)20-11-14-26-15-12-20/h3-16H,17-18H2,1-2H3. The number of pyridine rings is 2. The molecule has 0 radical (unpaired) electrons. The van der Waals surface area contributed by atoms with Crippen molar-refractivity contribution < 1.29 is 4.79 Å². The van der Waals surface area contributed by atoms with Crippen molar-refractivity contribution in [3.8, 4) is 11.3 Å². The quantitative estimate of drug-likeness (QED) is 0.449. The molecule has 3 aromatic heterocycles. The van der Waals surface area contributed by atoms with Gasteiger partial charge in [0.1, 0.15) is 0 Å². The highest BCUT2D eigenvalue weighted by Gasteiger charge is 2.21. The van der Waals surface area contributed by atoms with Gasteiger partial charge in [-0.15, -0.1) is 0 Å². The van der Waals surface area contributed by atoms with Gasteiger partial charge in [0.2, 0.25) is 5.95 Å². The number of rotatable bonds is 7. The van der Waals surface area contributed by atoms with Gasteiger partial charge in [0.15, 0.2) is 0 Å². The van der Waals surface area contributed by atoms with Gasteiger partial charge >= 0.3 is 0 Å². The van der Waals surface area contributed by atoms with E-state index in [1.54, 1.807) is 41.8 Å². The minimum Gasteiger partial charge on any atom is -0.347 e. The van der Waals surface area contributed by atoms with Crippen LogP contribution in [0.2, 0.25) is 0 Å². The van der Waals surface area contributed by atoms with Gasteiger partial charge in [-0.3, -0.25) is 14.8 Å². The van der Waals surface area contributed by atoms with E-state index in [-0.39, 0.29) is 5.91 Å². The van der Waals surface area contributed by atoms with Crippen LogP contribution >= 0.6 is 0 Å². The Hall–Kier alpha value is -4.13. The number of amides is 1. The SMILES string of the molecule is CN(C)c1ncc(-c2ccccn2)c(CN(Cc2ccccc2)C(=O)c2ccncc2)n1. The molecule has 0 atom stereocenters. The summed E-state index contributed by atoms with van der Waals surface area (Å²) >= 11 is 0. The van der Waals surface area contributed by atoms with Gasteiger partial charge in [-0.25, -0.2) is 9.97 Å². The van der Waals surface area contributed by atoms with Crippen LogP contribution < -0.4 is 4.90 Å². The van der Waals surface area contributed by atoms with E-state index in [9.17, 15) is 4.79 Å². The first-order chi connectivity index (χ1) is 15.6. The van der Waals surface area contributed by atoms with Crippen molar-refractivity contribution in [3.05, 3.63) is 102 Å². The third-order valence-corrected chi connectivity index (χ3v) is 4.97. The van der Waals surface area contributed by atoms with Gasteiger partial charge in [0.05, 0.1) is 17.9 Å². The molecule has 1 amide bonds. The van der Waals surface area contributed by atoms with Gasteiger partial charge in [-0.1, -0.05) is 36.4 Å².